The van der Waals surface area contributed by atoms with Gasteiger partial charge in [0.1, 0.15) is 11.0 Å². The zero-order chi connectivity index (χ0) is 12.3. The molecule has 0 saturated heterocycles. The van der Waals surface area contributed by atoms with Crippen LogP contribution in [-0.2, 0) is 18.4 Å². The molecule has 0 bridgehead atoms. The summed E-state index contributed by atoms with van der Waals surface area (Å²) in [6, 6.07) is -0.691. The fraction of sp³-hybridized carbons (Fsp3) is 0.300. The Kier molecular flexibility index (Phi) is 3.50. The van der Waals surface area contributed by atoms with Gasteiger partial charge < -0.3 is 11.1 Å². The SMILES string of the molecule is Cn1cc(C(N)C(=O)NCc2nccs2)cn1. The van der Waals surface area contributed by atoms with E-state index in [1.807, 2.05) is 5.38 Å². The summed E-state index contributed by atoms with van der Waals surface area (Å²) in [5, 5.41) is 9.44. The molecule has 2 rings (SSSR count). The van der Waals surface area contributed by atoms with Crippen molar-refractivity contribution < 1.29 is 4.79 Å². The number of carbonyl (C=O) groups excluding carboxylic acids is 1. The Morgan fingerprint density at radius 2 is 2.53 bits per heavy atom. The van der Waals surface area contributed by atoms with Crippen LogP contribution in [0.1, 0.15) is 16.6 Å². The van der Waals surface area contributed by atoms with Gasteiger partial charge in [-0.2, -0.15) is 5.10 Å². The fourth-order valence-corrected chi connectivity index (χ4v) is 1.92. The predicted molar refractivity (Wildman–Crippen MR) is 64.1 cm³/mol. The van der Waals surface area contributed by atoms with Gasteiger partial charge in [0.25, 0.3) is 0 Å². The van der Waals surface area contributed by atoms with E-state index in [1.54, 1.807) is 30.3 Å². The lowest BCUT2D eigenvalue weighted by atomic mass is 10.1. The molecule has 6 nitrogen and oxygen atoms in total. The van der Waals surface area contributed by atoms with Crippen LogP contribution in [0.5, 0.6) is 0 Å². The molecule has 0 aliphatic carbocycles. The third kappa shape index (κ3) is 2.89. The molecule has 7 heteroatoms. The number of rotatable bonds is 4. The van der Waals surface area contributed by atoms with Gasteiger partial charge in [0.15, 0.2) is 0 Å². The Hall–Kier alpha value is -1.73. The van der Waals surface area contributed by atoms with E-state index in [4.69, 9.17) is 5.73 Å². The van der Waals surface area contributed by atoms with Crippen LogP contribution in [0.25, 0.3) is 0 Å². The predicted octanol–water partition coefficient (Wildman–Crippen LogP) is 0.193. The Labute approximate surface area is 102 Å². The third-order valence-corrected chi connectivity index (χ3v) is 3.04. The van der Waals surface area contributed by atoms with Gasteiger partial charge in [0.05, 0.1) is 12.7 Å². The smallest absolute Gasteiger partial charge is 0.241 e. The number of amides is 1. The lowest BCUT2D eigenvalue weighted by Gasteiger charge is -2.09. The molecule has 3 N–H and O–H groups in total. The first-order chi connectivity index (χ1) is 8.16. The topological polar surface area (TPSA) is 85.8 Å². The van der Waals surface area contributed by atoms with Crippen LogP contribution in [0.2, 0.25) is 0 Å². The monoisotopic (exact) mass is 251 g/mol. The minimum Gasteiger partial charge on any atom is -0.348 e. The molecular weight excluding hydrogens is 238 g/mol. The minimum absolute atomic E-state index is 0.229. The number of aromatic nitrogens is 3. The van der Waals surface area contributed by atoms with E-state index in [0.717, 1.165) is 5.01 Å². The van der Waals surface area contributed by atoms with Crippen molar-refractivity contribution in [1.82, 2.24) is 20.1 Å². The summed E-state index contributed by atoms with van der Waals surface area (Å²) in [7, 11) is 1.78. The largest absolute Gasteiger partial charge is 0.348 e. The molecule has 17 heavy (non-hydrogen) atoms. The first kappa shape index (κ1) is 11.7. The molecule has 2 aromatic heterocycles. The molecule has 90 valence electrons. The zero-order valence-corrected chi connectivity index (χ0v) is 10.1. The summed E-state index contributed by atoms with van der Waals surface area (Å²) in [4.78, 5) is 15.8. The Morgan fingerprint density at radius 1 is 1.71 bits per heavy atom. The lowest BCUT2D eigenvalue weighted by Crippen LogP contribution is -2.33. The fourth-order valence-electron chi connectivity index (χ4n) is 1.37. The molecule has 1 atom stereocenters. The molecule has 0 fully saturated rings. The van der Waals surface area contributed by atoms with Crippen molar-refractivity contribution >= 4 is 17.2 Å². The van der Waals surface area contributed by atoms with Gasteiger partial charge >= 0.3 is 0 Å². The Balaban J connectivity index is 1.91. The summed E-state index contributed by atoms with van der Waals surface area (Å²) in [6.07, 6.45) is 5.02. The maximum Gasteiger partial charge on any atom is 0.241 e. The van der Waals surface area contributed by atoms with Crippen LogP contribution < -0.4 is 11.1 Å². The average Bonchev–Trinajstić information content (AvgIpc) is 2.95. The first-order valence-corrected chi connectivity index (χ1v) is 5.95. The van der Waals surface area contributed by atoms with E-state index >= 15 is 0 Å². The van der Waals surface area contributed by atoms with E-state index < -0.39 is 6.04 Å². The number of hydrogen-bond acceptors (Lipinski definition) is 5. The standard InChI is InChI=1S/C10H13N5OS/c1-15-6-7(4-14-15)9(11)10(16)13-5-8-12-2-3-17-8/h2-4,6,9H,5,11H2,1H3,(H,13,16). The van der Waals surface area contributed by atoms with E-state index in [2.05, 4.69) is 15.4 Å². The molecule has 0 radical (unpaired) electrons. The van der Waals surface area contributed by atoms with Crippen molar-refractivity contribution in [3.63, 3.8) is 0 Å². The highest BCUT2D eigenvalue weighted by Crippen LogP contribution is 2.09. The van der Waals surface area contributed by atoms with Crippen molar-refractivity contribution in [2.24, 2.45) is 12.8 Å². The average molecular weight is 251 g/mol. The number of thiazole rings is 1. The number of aryl methyl sites for hydroxylation is 1. The molecule has 0 aromatic carbocycles. The number of carbonyl (C=O) groups is 1. The first-order valence-electron chi connectivity index (χ1n) is 5.07. The van der Waals surface area contributed by atoms with Crippen molar-refractivity contribution in [3.05, 3.63) is 34.5 Å². The molecule has 0 aliphatic rings. The molecule has 0 spiro atoms. The highest BCUT2D eigenvalue weighted by molar-refractivity contribution is 7.09. The van der Waals surface area contributed by atoms with Crippen LogP contribution in [0, 0.1) is 0 Å². The number of hydrogen-bond donors (Lipinski definition) is 2. The van der Waals surface area contributed by atoms with Crippen LogP contribution >= 0.6 is 11.3 Å². The van der Waals surface area contributed by atoms with Gasteiger partial charge in [-0.1, -0.05) is 0 Å². The third-order valence-electron chi connectivity index (χ3n) is 2.26. The van der Waals surface area contributed by atoms with Gasteiger partial charge in [0.2, 0.25) is 5.91 Å². The van der Waals surface area contributed by atoms with E-state index in [1.165, 1.54) is 11.3 Å². The second kappa shape index (κ2) is 5.07. The molecule has 1 amide bonds. The minimum atomic E-state index is -0.691. The zero-order valence-electron chi connectivity index (χ0n) is 9.33. The molecule has 0 saturated carbocycles. The molecule has 1 unspecified atom stereocenters. The second-order valence-electron chi connectivity index (χ2n) is 3.57. The van der Waals surface area contributed by atoms with Crippen LogP contribution in [0.15, 0.2) is 24.0 Å². The van der Waals surface area contributed by atoms with Gasteiger partial charge in [-0.25, -0.2) is 4.98 Å². The van der Waals surface area contributed by atoms with Gasteiger partial charge in [0, 0.05) is 30.4 Å². The van der Waals surface area contributed by atoms with Crippen LogP contribution in [-0.4, -0.2) is 20.7 Å². The number of nitrogens with zero attached hydrogens (tertiary/aromatic N) is 3. The lowest BCUT2D eigenvalue weighted by molar-refractivity contribution is -0.122. The van der Waals surface area contributed by atoms with Crippen LogP contribution in [0.3, 0.4) is 0 Å². The van der Waals surface area contributed by atoms with Gasteiger partial charge in [-0.05, 0) is 0 Å². The summed E-state index contributed by atoms with van der Waals surface area (Å²) >= 11 is 1.49. The Bertz CT molecular complexity index is 493. The van der Waals surface area contributed by atoms with Crippen LogP contribution in [0.4, 0.5) is 0 Å². The molecule has 2 aromatic rings. The molecular formula is C10H13N5OS. The quantitative estimate of drug-likeness (QED) is 0.812. The Morgan fingerprint density at radius 3 is 3.12 bits per heavy atom. The maximum atomic E-state index is 11.8. The molecule has 0 aliphatic heterocycles. The van der Waals surface area contributed by atoms with Crippen molar-refractivity contribution in [1.29, 1.82) is 0 Å². The van der Waals surface area contributed by atoms with Crippen molar-refractivity contribution in [2.75, 3.05) is 0 Å². The van der Waals surface area contributed by atoms with Crippen molar-refractivity contribution in [2.45, 2.75) is 12.6 Å². The highest BCUT2D eigenvalue weighted by Gasteiger charge is 2.16. The maximum absolute atomic E-state index is 11.8. The number of nitrogens with two attached hydrogens (primary N) is 1. The highest BCUT2D eigenvalue weighted by atomic mass is 32.1. The van der Waals surface area contributed by atoms with E-state index in [0.29, 0.717) is 12.1 Å². The summed E-state index contributed by atoms with van der Waals surface area (Å²) in [6.45, 7) is 0.407. The van der Waals surface area contributed by atoms with E-state index in [9.17, 15) is 4.79 Å². The van der Waals surface area contributed by atoms with Gasteiger partial charge in [-0.3, -0.25) is 9.48 Å². The number of nitrogens with one attached hydrogen (secondary N) is 1. The van der Waals surface area contributed by atoms with Crippen molar-refractivity contribution in [3.8, 4) is 0 Å². The summed E-state index contributed by atoms with van der Waals surface area (Å²) in [5.74, 6) is -0.229. The van der Waals surface area contributed by atoms with E-state index in [-0.39, 0.29) is 5.91 Å². The van der Waals surface area contributed by atoms with Gasteiger partial charge in [-0.15, -0.1) is 11.3 Å². The second-order valence-corrected chi connectivity index (χ2v) is 4.55. The molecule has 2 heterocycles. The summed E-state index contributed by atoms with van der Waals surface area (Å²) < 4.78 is 1.61. The summed E-state index contributed by atoms with van der Waals surface area (Å²) in [5.41, 5.74) is 6.51. The normalized spacial score (nSPS) is 12.4.